The van der Waals surface area contributed by atoms with E-state index >= 15 is 0 Å². The molecule has 0 radical (unpaired) electrons. The van der Waals surface area contributed by atoms with Gasteiger partial charge in [0.25, 0.3) is 5.91 Å². The lowest BCUT2D eigenvalue weighted by Crippen LogP contribution is -2.29. The van der Waals surface area contributed by atoms with Crippen LogP contribution in [0.15, 0.2) is 52.1 Å². The van der Waals surface area contributed by atoms with Crippen LogP contribution in [0.3, 0.4) is 0 Å². The van der Waals surface area contributed by atoms with E-state index in [1.54, 1.807) is 19.1 Å². The van der Waals surface area contributed by atoms with Gasteiger partial charge in [-0.2, -0.15) is 8.78 Å². The maximum Gasteiger partial charge on any atom is 0.387 e. The molecule has 1 heterocycles. The molecule has 0 aliphatic carbocycles. The number of halogens is 2. The quantitative estimate of drug-likeness (QED) is 0.595. The van der Waals surface area contributed by atoms with Gasteiger partial charge < -0.3 is 20.0 Å². The van der Waals surface area contributed by atoms with Crippen LogP contribution in [0.25, 0.3) is 11.0 Å². The summed E-state index contributed by atoms with van der Waals surface area (Å²) in [6.45, 7) is -1.24. The van der Waals surface area contributed by atoms with E-state index in [0.717, 1.165) is 0 Å². The fourth-order valence-electron chi connectivity index (χ4n) is 2.58. The molecule has 3 aromatic rings. The van der Waals surface area contributed by atoms with E-state index in [2.05, 4.69) is 20.0 Å². The summed E-state index contributed by atoms with van der Waals surface area (Å²) in [6.07, 6.45) is 0. The molecule has 7 nitrogen and oxygen atoms in total. The summed E-state index contributed by atoms with van der Waals surface area (Å²) in [4.78, 5) is 40.0. The molecule has 1 unspecified atom stereocenters. The summed E-state index contributed by atoms with van der Waals surface area (Å²) in [5, 5.41) is 2.74. The van der Waals surface area contributed by atoms with Gasteiger partial charge in [-0.05, 0) is 42.8 Å². The van der Waals surface area contributed by atoms with Crippen molar-refractivity contribution in [1.82, 2.24) is 15.3 Å². The highest BCUT2D eigenvalue weighted by molar-refractivity contribution is 5.97. The van der Waals surface area contributed by atoms with Crippen molar-refractivity contribution < 1.29 is 18.3 Å². The summed E-state index contributed by atoms with van der Waals surface area (Å²) in [5.74, 6) is -0.438. The van der Waals surface area contributed by atoms with Crippen molar-refractivity contribution in [2.24, 2.45) is 0 Å². The zero-order chi connectivity index (χ0) is 19.6. The summed E-state index contributed by atoms with van der Waals surface area (Å²) in [6, 6.07) is 9.98. The second-order valence-electron chi connectivity index (χ2n) is 5.81. The second kappa shape index (κ2) is 7.40. The molecule has 1 aromatic heterocycles. The van der Waals surface area contributed by atoms with E-state index < -0.39 is 29.7 Å². The fourth-order valence-corrected chi connectivity index (χ4v) is 2.58. The molecule has 0 spiro atoms. The number of alkyl halides is 2. The maximum atomic E-state index is 12.5. The standard InChI is InChI=1S/C18H15F2N3O4/c1-9(10-3-2-4-12(7-10)27-18(19)20)21-15(24)11-5-6-13-14(8-11)23-17(26)16(25)22-13/h2-9,18H,1H3,(H,21,24)(H,22,25)(H,23,26). The Morgan fingerprint density at radius 3 is 2.44 bits per heavy atom. The van der Waals surface area contributed by atoms with Gasteiger partial charge in [-0.15, -0.1) is 0 Å². The van der Waals surface area contributed by atoms with E-state index in [9.17, 15) is 23.2 Å². The Morgan fingerprint density at radius 2 is 1.74 bits per heavy atom. The predicted octanol–water partition coefficient (Wildman–Crippen LogP) is 2.31. The smallest absolute Gasteiger partial charge is 0.387 e. The molecule has 0 fully saturated rings. The van der Waals surface area contributed by atoms with Crippen LogP contribution in [0.1, 0.15) is 28.9 Å². The highest BCUT2D eigenvalue weighted by Gasteiger charge is 2.14. The number of amides is 1. The number of nitrogens with one attached hydrogen (secondary N) is 3. The Labute approximate surface area is 151 Å². The number of rotatable bonds is 5. The first-order chi connectivity index (χ1) is 12.8. The van der Waals surface area contributed by atoms with Gasteiger partial charge in [-0.25, -0.2) is 0 Å². The van der Waals surface area contributed by atoms with Gasteiger partial charge in [0.05, 0.1) is 17.1 Å². The maximum absolute atomic E-state index is 12.5. The summed E-state index contributed by atoms with van der Waals surface area (Å²) in [5.41, 5.74) is -0.0474. The molecule has 0 aliphatic heterocycles. The lowest BCUT2D eigenvalue weighted by Gasteiger charge is -2.16. The molecule has 0 bridgehead atoms. The fraction of sp³-hybridized carbons (Fsp3) is 0.167. The van der Waals surface area contributed by atoms with Crippen LogP contribution in [0.2, 0.25) is 0 Å². The van der Waals surface area contributed by atoms with Gasteiger partial charge in [-0.1, -0.05) is 12.1 Å². The third-order valence-electron chi connectivity index (χ3n) is 3.92. The number of H-pyrrole nitrogens is 2. The number of carbonyl (C=O) groups excluding carboxylic acids is 1. The van der Waals surface area contributed by atoms with Gasteiger partial charge in [-0.3, -0.25) is 14.4 Å². The SMILES string of the molecule is CC(NC(=O)c1ccc2[nH]c(=O)c(=O)[nH]c2c1)c1cccc(OC(F)F)c1. The first-order valence-corrected chi connectivity index (χ1v) is 7.95. The van der Waals surface area contributed by atoms with Crippen LogP contribution in [-0.4, -0.2) is 22.5 Å². The molecule has 2 aromatic carbocycles. The van der Waals surface area contributed by atoms with Gasteiger partial charge in [0.2, 0.25) is 0 Å². The average molecular weight is 375 g/mol. The molecule has 0 saturated heterocycles. The first-order valence-electron chi connectivity index (χ1n) is 7.95. The molecule has 3 N–H and O–H groups in total. The third kappa shape index (κ3) is 4.20. The number of hydrogen-bond acceptors (Lipinski definition) is 4. The van der Waals surface area contributed by atoms with Crippen molar-refractivity contribution in [3.05, 3.63) is 74.3 Å². The summed E-state index contributed by atoms with van der Waals surface area (Å²) >= 11 is 0. The molecule has 9 heteroatoms. The molecule has 0 aliphatic rings. The number of ether oxygens (including phenoxy) is 1. The van der Waals surface area contributed by atoms with E-state index in [0.29, 0.717) is 16.6 Å². The number of aromatic amines is 2. The minimum absolute atomic E-state index is 0.00386. The van der Waals surface area contributed by atoms with E-state index in [1.807, 2.05) is 0 Å². The van der Waals surface area contributed by atoms with Crippen molar-refractivity contribution in [1.29, 1.82) is 0 Å². The average Bonchev–Trinajstić information content (AvgIpc) is 2.62. The van der Waals surface area contributed by atoms with E-state index in [4.69, 9.17) is 0 Å². The van der Waals surface area contributed by atoms with Crippen LogP contribution >= 0.6 is 0 Å². The first kappa shape index (κ1) is 18.3. The van der Waals surface area contributed by atoms with Gasteiger partial charge in [0.15, 0.2) is 0 Å². The summed E-state index contributed by atoms with van der Waals surface area (Å²) in [7, 11) is 0. The Kier molecular flexibility index (Phi) is 5.02. The highest BCUT2D eigenvalue weighted by Crippen LogP contribution is 2.21. The van der Waals surface area contributed by atoms with Crippen molar-refractivity contribution in [3.63, 3.8) is 0 Å². The predicted molar refractivity (Wildman–Crippen MR) is 94.1 cm³/mol. The van der Waals surface area contributed by atoms with Crippen LogP contribution in [0, 0.1) is 0 Å². The van der Waals surface area contributed by atoms with Crippen molar-refractivity contribution in [3.8, 4) is 5.75 Å². The topological polar surface area (TPSA) is 104 Å². The van der Waals surface area contributed by atoms with Crippen LogP contribution in [0.4, 0.5) is 8.78 Å². The number of hydrogen-bond donors (Lipinski definition) is 3. The van der Waals surface area contributed by atoms with Crippen molar-refractivity contribution in [2.75, 3.05) is 0 Å². The number of benzene rings is 2. The normalized spacial score (nSPS) is 12.1. The van der Waals surface area contributed by atoms with E-state index in [-0.39, 0.29) is 11.3 Å². The lowest BCUT2D eigenvalue weighted by molar-refractivity contribution is -0.0499. The largest absolute Gasteiger partial charge is 0.435 e. The lowest BCUT2D eigenvalue weighted by atomic mass is 10.1. The summed E-state index contributed by atoms with van der Waals surface area (Å²) < 4.78 is 29.0. The molecule has 1 atom stereocenters. The van der Waals surface area contributed by atoms with Gasteiger partial charge >= 0.3 is 17.7 Å². The van der Waals surface area contributed by atoms with Crippen molar-refractivity contribution in [2.45, 2.75) is 19.6 Å². The molecular weight excluding hydrogens is 360 g/mol. The number of fused-ring (bicyclic) bond motifs is 1. The van der Waals surface area contributed by atoms with Gasteiger partial charge in [0, 0.05) is 5.56 Å². The van der Waals surface area contributed by atoms with Crippen LogP contribution in [-0.2, 0) is 0 Å². The molecular formula is C18H15F2N3O4. The zero-order valence-electron chi connectivity index (χ0n) is 14.1. The minimum Gasteiger partial charge on any atom is -0.435 e. The monoisotopic (exact) mass is 375 g/mol. The third-order valence-corrected chi connectivity index (χ3v) is 3.92. The zero-order valence-corrected chi connectivity index (χ0v) is 14.1. The second-order valence-corrected chi connectivity index (χ2v) is 5.81. The molecule has 3 rings (SSSR count). The van der Waals surface area contributed by atoms with Crippen LogP contribution < -0.4 is 21.2 Å². The highest BCUT2D eigenvalue weighted by atomic mass is 19.3. The Bertz CT molecular complexity index is 1110. The molecule has 1 amide bonds. The Hall–Kier alpha value is -3.49. The molecule has 140 valence electrons. The Balaban J connectivity index is 1.80. The van der Waals surface area contributed by atoms with E-state index in [1.165, 1.54) is 30.3 Å². The Morgan fingerprint density at radius 1 is 1.04 bits per heavy atom. The molecule has 0 saturated carbocycles. The van der Waals surface area contributed by atoms with Crippen molar-refractivity contribution >= 4 is 16.9 Å². The minimum atomic E-state index is -2.93. The van der Waals surface area contributed by atoms with Crippen LogP contribution in [0.5, 0.6) is 5.75 Å². The van der Waals surface area contributed by atoms with Gasteiger partial charge in [0.1, 0.15) is 5.75 Å². The number of aromatic nitrogens is 2. The molecule has 27 heavy (non-hydrogen) atoms. The number of carbonyl (C=O) groups is 1.